The van der Waals surface area contributed by atoms with Crippen LogP contribution in [0.5, 0.6) is 0 Å². The van der Waals surface area contributed by atoms with Gasteiger partial charge in [0, 0.05) is 19.6 Å². The zero-order valence-electron chi connectivity index (χ0n) is 12.3. The minimum absolute atomic E-state index is 0.235. The van der Waals surface area contributed by atoms with E-state index in [2.05, 4.69) is 38.8 Å². The van der Waals surface area contributed by atoms with E-state index in [4.69, 9.17) is 4.43 Å². The number of nitrogens with zero attached hydrogens (tertiary/aromatic N) is 1. The van der Waals surface area contributed by atoms with E-state index in [1.807, 2.05) is 6.92 Å². The van der Waals surface area contributed by atoms with E-state index in [1.54, 1.807) is 0 Å². The molecule has 1 unspecified atom stereocenters. The first-order valence-electron chi connectivity index (χ1n) is 6.70. The molecule has 0 aromatic heterocycles. The molecule has 1 aliphatic rings. The van der Waals surface area contributed by atoms with Crippen molar-refractivity contribution in [3.8, 4) is 0 Å². The molecule has 1 N–H and O–H groups in total. The van der Waals surface area contributed by atoms with Gasteiger partial charge in [0.2, 0.25) is 0 Å². The summed E-state index contributed by atoms with van der Waals surface area (Å²) >= 11 is 0. The molecular formula is C13H29NO2Si. The molecule has 17 heavy (non-hydrogen) atoms. The molecule has 0 bridgehead atoms. The fourth-order valence-corrected chi connectivity index (χ4v) is 3.41. The van der Waals surface area contributed by atoms with Gasteiger partial charge < -0.3 is 9.53 Å². The molecule has 1 heterocycles. The van der Waals surface area contributed by atoms with Gasteiger partial charge in [-0.05, 0) is 31.5 Å². The predicted octanol–water partition coefficient (Wildman–Crippen LogP) is 2.46. The molecule has 0 amide bonds. The first kappa shape index (κ1) is 15.2. The number of aliphatic hydroxyl groups excluding tert-OH is 1. The minimum atomic E-state index is -1.63. The van der Waals surface area contributed by atoms with Crippen LogP contribution in [0.1, 0.15) is 34.1 Å². The number of β-amino-alcohol motifs (C(OH)–C–C–N with tert-alkyl or cyclic N) is 1. The zero-order valence-corrected chi connectivity index (χ0v) is 13.3. The summed E-state index contributed by atoms with van der Waals surface area (Å²) < 4.78 is 6.39. The lowest BCUT2D eigenvalue weighted by Crippen LogP contribution is -2.44. The molecule has 4 heteroatoms. The van der Waals surface area contributed by atoms with E-state index in [9.17, 15) is 5.11 Å². The lowest BCUT2D eigenvalue weighted by Gasteiger charge is -2.38. The molecule has 0 spiro atoms. The Morgan fingerprint density at radius 1 is 1.41 bits per heavy atom. The molecule has 3 nitrogen and oxygen atoms in total. The van der Waals surface area contributed by atoms with Crippen LogP contribution in [0.3, 0.4) is 0 Å². The quantitative estimate of drug-likeness (QED) is 0.787. The Kier molecular flexibility index (Phi) is 4.80. The first-order valence-corrected chi connectivity index (χ1v) is 9.61. The lowest BCUT2D eigenvalue weighted by atomic mass is 10.2. The standard InChI is InChI=1S/C13H29NO2Si/c1-11(15)9-14-8-7-12(10-14)16-17(5,6)13(2,3)4/h11-12,15H,7-10H2,1-6H3/t11-,12?/m0/s1. The van der Waals surface area contributed by atoms with Crippen LogP contribution in [0.2, 0.25) is 18.1 Å². The number of hydrogen-bond acceptors (Lipinski definition) is 3. The highest BCUT2D eigenvalue weighted by atomic mass is 28.4. The molecule has 1 rings (SSSR count). The maximum absolute atomic E-state index is 9.39. The van der Waals surface area contributed by atoms with Gasteiger partial charge in [0.1, 0.15) is 0 Å². The van der Waals surface area contributed by atoms with Crippen LogP contribution in [0.25, 0.3) is 0 Å². The molecular weight excluding hydrogens is 230 g/mol. The van der Waals surface area contributed by atoms with E-state index >= 15 is 0 Å². The van der Waals surface area contributed by atoms with Gasteiger partial charge in [0.25, 0.3) is 0 Å². The van der Waals surface area contributed by atoms with Crippen LogP contribution in [0.4, 0.5) is 0 Å². The van der Waals surface area contributed by atoms with Crippen molar-refractivity contribution in [2.75, 3.05) is 19.6 Å². The van der Waals surface area contributed by atoms with Crippen LogP contribution < -0.4 is 0 Å². The Balaban J connectivity index is 2.45. The third-order valence-electron chi connectivity index (χ3n) is 4.02. The van der Waals surface area contributed by atoms with Crippen molar-refractivity contribution in [2.24, 2.45) is 0 Å². The summed E-state index contributed by atoms with van der Waals surface area (Å²) in [6, 6.07) is 0. The maximum atomic E-state index is 9.39. The predicted molar refractivity (Wildman–Crippen MR) is 74.8 cm³/mol. The van der Waals surface area contributed by atoms with Crippen molar-refractivity contribution in [3.63, 3.8) is 0 Å². The fourth-order valence-electron chi connectivity index (χ4n) is 2.03. The molecule has 1 saturated heterocycles. The van der Waals surface area contributed by atoms with Crippen LogP contribution in [0.15, 0.2) is 0 Å². The molecule has 1 fully saturated rings. The Bertz CT molecular complexity index is 248. The van der Waals surface area contributed by atoms with Crippen LogP contribution in [-0.2, 0) is 4.43 Å². The Morgan fingerprint density at radius 3 is 2.47 bits per heavy atom. The number of hydrogen-bond donors (Lipinski definition) is 1. The van der Waals surface area contributed by atoms with Gasteiger partial charge in [-0.25, -0.2) is 0 Å². The molecule has 0 radical (unpaired) electrons. The van der Waals surface area contributed by atoms with Crippen LogP contribution in [-0.4, -0.2) is 50.2 Å². The van der Waals surface area contributed by atoms with Gasteiger partial charge >= 0.3 is 0 Å². The highest BCUT2D eigenvalue weighted by Gasteiger charge is 2.40. The van der Waals surface area contributed by atoms with E-state index in [0.717, 1.165) is 26.1 Å². The summed E-state index contributed by atoms with van der Waals surface area (Å²) in [5.74, 6) is 0. The summed E-state index contributed by atoms with van der Waals surface area (Å²) in [6.07, 6.45) is 1.25. The Morgan fingerprint density at radius 2 is 2.00 bits per heavy atom. The fraction of sp³-hybridized carbons (Fsp3) is 1.00. The van der Waals surface area contributed by atoms with Crippen LogP contribution >= 0.6 is 0 Å². The summed E-state index contributed by atoms with van der Waals surface area (Å²) in [5, 5.41) is 9.67. The van der Waals surface area contributed by atoms with Crippen molar-refractivity contribution in [1.82, 2.24) is 4.90 Å². The lowest BCUT2D eigenvalue weighted by molar-refractivity contribution is 0.127. The van der Waals surface area contributed by atoms with Gasteiger partial charge in [-0.1, -0.05) is 20.8 Å². The second-order valence-corrected chi connectivity index (χ2v) is 11.7. The van der Waals surface area contributed by atoms with Gasteiger partial charge in [-0.2, -0.15) is 0 Å². The van der Waals surface area contributed by atoms with E-state index in [-0.39, 0.29) is 11.1 Å². The molecule has 0 aromatic carbocycles. The van der Waals surface area contributed by atoms with Crippen molar-refractivity contribution in [2.45, 2.75) is 64.5 Å². The maximum Gasteiger partial charge on any atom is 0.192 e. The molecule has 1 aliphatic heterocycles. The molecule has 0 aromatic rings. The van der Waals surface area contributed by atoms with Gasteiger partial charge in [-0.3, -0.25) is 4.90 Å². The number of rotatable bonds is 4. The van der Waals surface area contributed by atoms with Crippen molar-refractivity contribution >= 4 is 8.32 Å². The second-order valence-electron chi connectivity index (χ2n) is 6.90. The Labute approximate surface area is 107 Å². The minimum Gasteiger partial charge on any atom is -0.413 e. The molecule has 0 saturated carbocycles. The third-order valence-corrected chi connectivity index (χ3v) is 8.55. The largest absolute Gasteiger partial charge is 0.413 e. The molecule has 2 atom stereocenters. The van der Waals surface area contributed by atoms with Gasteiger partial charge in [0.15, 0.2) is 8.32 Å². The van der Waals surface area contributed by atoms with Gasteiger partial charge in [-0.15, -0.1) is 0 Å². The monoisotopic (exact) mass is 259 g/mol. The second kappa shape index (κ2) is 5.39. The van der Waals surface area contributed by atoms with E-state index < -0.39 is 8.32 Å². The smallest absolute Gasteiger partial charge is 0.192 e. The average molecular weight is 259 g/mol. The number of aliphatic hydroxyl groups is 1. The Hall–Kier alpha value is 0.0969. The topological polar surface area (TPSA) is 32.7 Å². The zero-order chi connectivity index (χ0) is 13.3. The summed E-state index contributed by atoms with van der Waals surface area (Å²) in [5.41, 5.74) is 0. The average Bonchev–Trinajstić information content (AvgIpc) is 2.48. The summed E-state index contributed by atoms with van der Waals surface area (Å²) in [6.45, 7) is 16.1. The van der Waals surface area contributed by atoms with Crippen molar-refractivity contribution in [1.29, 1.82) is 0 Å². The third kappa shape index (κ3) is 4.36. The van der Waals surface area contributed by atoms with Crippen LogP contribution in [0, 0.1) is 0 Å². The van der Waals surface area contributed by atoms with Crippen molar-refractivity contribution < 1.29 is 9.53 Å². The first-order chi connectivity index (χ1) is 7.62. The highest BCUT2D eigenvalue weighted by Crippen LogP contribution is 2.38. The SMILES string of the molecule is C[C@H](O)CN1CCC(O[Si](C)(C)C(C)(C)C)C1. The highest BCUT2D eigenvalue weighted by molar-refractivity contribution is 6.74. The van der Waals surface area contributed by atoms with Gasteiger partial charge in [0.05, 0.1) is 12.2 Å². The van der Waals surface area contributed by atoms with E-state index in [0.29, 0.717) is 6.10 Å². The molecule has 0 aliphatic carbocycles. The summed E-state index contributed by atoms with van der Waals surface area (Å²) in [4.78, 5) is 2.31. The summed E-state index contributed by atoms with van der Waals surface area (Å²) in [7, 11) is -1.63. The van der Waals surface area contributed by atoms with Crippen molar-refractivity contribution in [3.05, 3.63) is 0 Å². The normalized spacial score (nSPS) is 25.2. The molecule has 102 valence electrons. The number of likely N-dealkylation sites (tertiary alicyclic amines) is 1. The van der Waals surface area contributed by atoms with E-state index in [1.165, 1.54) is 0 Å².